The number of halogens is 1. The minimum absolute atomic E-state index is 0.00193. The number of nitrogens with zero attached hydrogens (tertiary/aromatic N) is 3. The van der Waals surface area contributed by atoms with Crippen LogP contribution in [0.25, 0.3) is 17.3 Å². The fraction of sp³-hybridized carbons (Fsp3) is 0.618. The lowest BCUT2D eigenvalue weighted by atomic mass is 9.97. The summed E-state index contributed by atoms with van der Waals surface area (Å²) in [4.78, 5) is 21.5. The molecule has 0 saturated carbocycles. The van der Waals surface area contributed by atoms with Crippen molar-refractivity contribution in [3.8, 4) is 11.3 Å². The van der Waals surface area contributed by atoms with Crippen LogP contribution in [-0.2, 0) is 27.8 Å². The lowest BCUT2D eigenvalue weighted by Gasteiger charge is -2.52. The number of carbonyl (C=O) groups is 1. The Bertz CT molecular complexity index is 1550. The van der Waals surface area contributed by atoms with Crippen molar-refractivity contribution in [3.63, 3.8) is 0 Å². The van der Waals surface area contributed by atoms with Crippen LogP contribution in [0, 0.1) is 5.82 Å². The van der Waals surface area contributed by atoms with Crippen LogP contribution in [0.2, 0.25) is 22.2 Å². The van der Waals surface area contributed by atoms with E-state index in [0.29, 0.717) is 28.9 Å². The van der Waals surface area contributed by atoms with Gasteiger partial charge in [-0.05, 0) is 52.3 Å². The van der Waals surface area contributed by atoms with Crippen LogP contribution in [0.5, 0.6) is 0 Å². The van der Waals surface area contributed by atoms with Gasteiger partial charge in [0.25, 0.3) is 0 Å². The minimum atomic E-state index is -3.68. The maximum absolute atomic E-state index is 14.0. The Labute approximate surface area is 288 Å². The standard InChI is InChI=1S/C34H54FN3O7SSi2/c1-21(2)32-30(33(26-13-15-27(35)16-14-26)37-34(36-32)38(11)46(12,41)42)18-17-28-19-29(20-31(39)40)44-48(24(7)8,25(9)10)45-47(43-28,22(3)4)23(5)6/h13-18,21-25,28-29H,19-20H2,1-12H3,(H,39,40)/b18-17+/t28-,29-/m1/s1. The number of sulfonamides is 1. The molecule has 1 saturated heterocycles. The number of anilines is 1. The molecule has 1 aliphatic heterocycles. The molecule has 2 atom stereocenters. The van der Waals surface area contributed by atoms with Crippen LogP contribution in [0.15, 0.2) is 30.3 Å². The van der Waals surface area contributed by atoms with Crippen molar-refractivity contribution in [3.05, 3.63) is 47.4 Å². The van der Waals surface area contributed by atoms with Crippen LogP contribution in [0.4, 0.5) is 10.3 Å². The first-order valence-electron chi connectivity index (χ1n) is 16.7. The van der Waals surface area contributed by atoms with E-state index in [0.717, 1.165) is 10.6 Å². The molecule has 0 radical (unpaired) electrons. The summed E-state index contributed by atoms with van der Waals surface area (Å²) >= 11 is 0. The number of aliphatic carboxylic acids is 1. The highest BCUT2D eigenvalue weighted by Crippen LogP contribution is 2.47. The van der Waals surface area contributed by atoms with Gasteiger partial charge in [0.05, 0.1) is 36.3 Å². The van der Waals surface area contributed by atoms with Crippen LogP contribution in [0.3, 0.4) is 0 Å². The third-order valence-corrected chi connectivity index (χ3v) is 20.5. The van der Waals surface area contributed by atoms with E-state index < -0.39 is 51.1 Å². The van der Waals surface area contributed by atoms with Crippen molar-refractivity contribution in [2.24, 2.45) is 0 Å². The fourth-order valence-corrected chi connectivity index (χ4v) is 18.0. The zero-order valence-corrected chi connectivity index (χ0v) is 33.3. The van der Waals surface area contributed by atoms with Crippen molar-refractivity contribution in [1.29, 1.82) is 0 Å². The van der Waals surface area contributed by atoms with E-state index >= 15 is 0 Å². The van der Waals surface area contributed by atoms with E-state index in [-0.39, 0.29) is 40.5 Å². The predicted molar refractivity (Wildman–Crippen MR) is 193 cm³/mol. The molecule has 0 spiro atoms. The number of rotatable bonds is 12. The topological polar surface area (TPSA) is 128 Å². The van der Waals surface area contributed by atoms with Crippen LogP contribution < -0.4 is 4.31 Å². The molecule has 268 valence electrons. The monoisotopic (exact) mass is 723 g/mol. The van der Waals surface area contributed by atoms with E-state index in [1.54, 1.807) is 12.1 Å². The van der Waals surface area contributed by atoms with Gasteiger partial charge in [-0.2, -0.15) is 0 Å². The van der Waals surface area contributed by atoms with Gasteiger partial charge < -0.3 is 18.1 Å². The lowest BCUT2D eigenvalue weighted by Crippen LogP contribution is -2.64. The maximum atomic E-state index is 14.0. The number of benzene rings is 1. The Morgan fingerprint density at radius 1 is 0.958 bits per heavy atom. The van der Waals surface area contributed by atoms with E-state index in [2.05, 4.69) is 60.4 Å². The molecule has 14 heteroatoms. The van der Waals surface area contributed by atoms with Crippen molar-refractivity contribution < 1.29 is 35.7 Å². The maximum Gasteiger partial charge on any atom is 0.335 e. The highest BCUT2D eigenvalue weighted by molar-refractivity contribution is 7.92. The third kappa shape index (κ3) is 8.80. The molecule has 2 heterocycles. The second-order valence-electron chi connectivity index (χ2n) is 14.3. The van der Waals surface area contributed by atoms with E-state index in [4.69, 9.17) is 18.0 Å². The van der Waals surface area contributed by atoms with Gasteiger partial charge in [-0.25, -0.2) is 27.1 Å². The first-order valence-corrected chi connectivity index (χ1v) is 22.5. The van der Waals surface area contributed by atoms with Gasteiger partial charge in [-0.3, -0.25) is 4.79 Å². The summed E-state index contributed by atoms with van der Waals surface area (Å²) in [6.45, 7) is 20.8. The average Bonchev–Trinajstić information content (AvgIpc) is 2.95. The number of carboxylic acid groups (broad SMARTS) is 1. The number of aromatic nitrogens is 2. The Morgan fingerprint density at radius 3 is 1.94 bits per heavy atom. The molecule has 1 fully saturated rings. The van der Waals surface area contributed by atoms with Gasteiger partial charge >= 0.3 is 23.1 Å². The summed E-state index contributed by atoms with van der Waals surface area (Å²) in [5.74, 6) is -1.53. The molecule has 1 aromatic heterocycles. The second-order valence-corrected chi connectivity index (χ2v) is 25.1. The summed E-state index contributed by atoms with van der Waals surface area (Å²) in [5.41, 5.74) is 2.46. The SMILES string of the molecule is CC(C)c1nc(N(C)S(C)(=O)=O)nc(-c2ccc(F)cc2)c1/C=C/[C@@H]1C[C@H](CC(=O)O)O[Si](C(C)C)(C(C)C)O[Si](C(C)C)(C(C)C)O1. The second kappa shape index (κ2) is 15.6. The molecule has 10 nitrogen and oxygen atoms in total. The highest BCUT2D eigenvalue weighted by atomic mass is 32.2. The van der Waals surface area contributed by atoms with Crippen LogP contribution in [0.1, 0.15) is 99.3 Å². The normalized spacial score (nSPS) is 20.2. The fourth-order valence-electron chi connectivity index (χ4n) is 6.34. The number of hydrogen-bond donors (Lipinski definition) is 1. The Kier molecular flexibility index (Phi) is 13.0. The lowest BCUT2D eigenvalue weighted by molar-refractivity contribution is -0.139. The Balaban J connectivity index is 2.29. The molecule has 1 aromatic carbocycles. The predicted octanol–water partition coefficient (Wildman–Crippen LogP) is 8.00. The van der Waals surface area contributed by atoms with Crippen molar-refractivity contribution in [2.75, 3.05) is 17.6 Å². The zero-order valence-electron chi connectivity index (χ0n) is 30.4. The number of carboxylic acids is 1. The van der Waals surface area contributed by atoms with Crippen LogP contribution in [-0.4, -0.2) is 72.1 Å². The summed E-state index contributed by atoms with van der Waals surface area (Å²) in [6, 6.07) is 5.84. The quantitative estimate of drug-likeness (QED) is 0.217. The van der Waals surface area contributed by atoms with Gasteiger partial charge in [0, 0.05) is 24.6 Å². The third-order valence-electron chi connectivity index (χ3n) is 9.01. The molecule has 0 aliphatic carbocycles. The molecule has 1 N–H and O–H groups in total. The molecule has 3 rings (SSSR count). The molecular formula is C34H54FN3O7SSi2. The van der Waals surface area contributed by atoms with E-state index in [1.807, 2.05) is 26.0 Å². The van der Waals surface area contributed by atoms with Gasteiger partial charge in [-0.15, -0.1) is 0 Å². The van der Waals surface area contributed by atoms with Gasteiger partial charge in [-0.1, -0.05) is 81.4 Å². The minimum Gasteiger partial charge on any atom is -0.481 e. The molecule has 1 aliphatic rings. The van der Waals surface area contributed by atoms with Crippen LogP contribution >= 0.6 is 0 Å². The zero-order chi connectivity index (χ0) is 36.4. The average molecular weight is 724 g/mol. The molecule has 48 heavy (non-hydrogen) atoms. The summed E-state index contributed by atoms with van der Waals surface area (Å²) in [6.07, 6.45) is 3.71. The number of hydrogen-bond acceptors (Lipinski definition) is 8. The Morgan fingerprint density at radius 2 is 1.48 bits per heavy atom. The summed E-state index contributed by atoms with van der Waals surface area (Å²) < 4.78 is 61.5. The van der Waals surface area contributed by atoms with Gasteiger partial charge in [0.2, 0.25) is 16.0 Å². The molecule has 0 amide bonds. The van der Waals surface area contributed by atoms with Crippen molar-refractivity contribution in [2.45, 2.75) is 122 Å². The molecular weight excluding hydrogens is 670 g/mol. The first kappa shape index (κ1) is 39.9. The van der Waals surface area contributed by atoms with Crippen molar-refractivity contribution in [1.82, 2.24) is 9.97 Å². The molecule has 2 aromatic rings. The van der Waals surface area contributed by atoms with E-state index in [1.165, 1.54) is 19.2 Å². The van der Waals surface area contributed by atoms with Gasteiger partial charge in [0.1, 0.15) is 5.82 Å². The first-order chi connectivity index (χ1) is 22.1. The smallest absolute Gasteiger partial charge is 0.335 e. The molecule has 0 bridgehead atoms. The van der Waals surface area contributed by atoms with E-state index in [9.17, 15) is 22.7 Å². The Hall–Kier alpha value is -2.50. The summed E-state index contributed by atoms with van der Waals surface area (Å²) in [5, 5.41) is 9.91. The van der Waals surface area contributed by atoms with Gasteiger partial charge in [0.15, 0.2) is 0 Å². The summed E-state index contributed by atoms with van der Waals surface area (Å²) in [7, 11) is -8.31. The highest BCUT2D eigenvalue weighted by Gasteiger charge is 2.58. The molecule has 0 unspecified atom stereocenters. The van der Waals surface area contributed by atoms with Crippen molar-refractivity contribution >= 4 is 45.1 Å². The largest absolute Gasteiger partial charge is 0.481 e.